The molecule has 0 saturated heterocycles. The fourth-order valence-electron chi connectivity index (χ4n) is 2.09. The molecule has 1 aliphatic rings. The van der Waals surface area contributed by atoms with E-state index in [-0.39, 0.29) is 0 Å². The molecule has 1 aromatic heterocycles. The van der Waals surface area contributed by atoms with Gasteiger partial charge in [-0.15, -0.1) is 0 Å². The van der Waals surface area contributed by atoms with Crippen molar-refractivity contribution in [3.05, 3.63) is 17.0 Å². The molecule has 1 fully saturated rings. The number of nitrogens with zero attached hydrogens (tertiary/aromatic N) is 1. The van der Waals surface area contributed by atoms with Gasteiger partial charge >= 0.3 is 0 Å². The van der Waals surface area contributed by atoms with E-state index in [4.69, 9.17) is 0 Å². The molecule has 0 amide bonds. The number of aromatic amines is 1. The van der Waals surface area contributed by atoms with E-state index in [2.05, 4.69) is 24.0 Å². The monoisotopic (exact) mass is 206 g/mol. The highest BCUT2D eigenvalue weighted by atomic mass is 16.1. The van der Waals surface area contributed by atoms with E-state index < -0.39 is 0 Å². The molecule has 82 valence electrons. The quantitative estimate of drug-likeness (QED) is 0.770. The Morgan fingerprint density at radius 2 is 2.27 bits per heavy atom. The van der Waals surface area contributed by atoms with Crippen LogP contribution in [-0.2, 0) is 6.42 Å². The second-order valence-electron chi connectivity index (χ2n) is 4.84. The fourth-order valence-corrected chi connectivity index (χ4v) is 2.09. The van der Waals surface area contributed by atoms with Crippen LogP contribution in [0.15, 0.2) is 0 Å². The van der Waals surface area contributed by atoms with Crippen molar-refractivity contribution in [2.75, 3.05) is 0 Å². The molecular formula is C12H18N2O. The largest absolute Gasteiger partial charge is 0.298 e. The summed E-state index contributed by atoms with van der Waals surface area (Å²) in [5.74, 6) is 1.08. The molecule has 3 nitrogen and oxygen atoms in total. The third kappa shape index (κ3) is 1.96. The van der Waals surface area contributed by atoms with Gasteiger partial charge in [-0.05, 0) is 25.2 Å². The van der Waals surface area contributed by atoms with Crippen molar-refractivity contribution in [2.45, 2.75) is 45.4 Å². The lowest BCUT2D eigenvalue weighted by molar-refractivity contribution is 0.112. The van der Waals surface area contributed by atoms with Gasteiger partial charge in [0.05, 0.1) is 11.3 Å². The molecule has 0 unspecified atom stereocenters. The first-order chi connectivity index (χ1) is 7.22. The number of H-pyrrole nitrogens is 1. The van der Waals surface area contributed by atoms with Crippen LogP contribution in [0.4, 0.5) is 0 Å². The summed E-state index contributed by atoms with van der Waals surface area (Å²) in [6.45, 7) is 4.30. The highest BCUT2D eigenvalue weighted by Crippen LogP contribution is 2.37. The lowest BCUT2D eigenvalue weighted by Gasteiger charge is -2.23. The number of rotatable bonds is 4. The standard InChI is InChI=1S/C12H18N2O/c1-8(2)6-11-10(7-15)12(14-13-11)9-4-3-5-9/h7-9H,3-6H2,1-2H3,(H,13,14). The zero-order valence-electron chi connectivity index (χ0n) is 9.42. The van der Waals surface area contributed by atoms with Gasteiger partial charge in [-0.3, -0.25) is 9.89 Å². The lowest BCUT2D eigenvalue weighted by Crippen LogP contribution is -2.11. The zero-order valence-corrected chi connectivity index (χ0v) is 9.42. The van der Waals surface area contributed by atoms with Gasteiger partial charge in [0, 0.05) is 11.6 Å². The van der Waals surface area contributed by atoms with Crippen LogP contribution in [0, 0.1) is 5.92 Å². The number of nitrogens with one attached hydrogen (secondary N) is 1. The van der Waals surface area contributed by atoms with Crippen molar-refractivity contribution in [1.29, 1.82) is 0 Å². The van der Waals surface area contributed by atoms with E-state index in [0.29, 0.717) is 11.8 Å². The molecule has 1 N–H and O–H groups in total. The summed E-state index contributed by atoms with van der Waals surface area (Å²) in [5, 5.41) is 7.33. The molecule has 0 atom stereocenters. The first-order valence-corrected chi connectivity index (χ1v) is 5.74. The fraction of sp³-hybridized carbons (Fsp3) is 0.667. The van der Waals surface area contributed by atoms with E-state index >= 15 is 0 Å². The third-order valence-electron chi connectivity index (χ3n) is 3.13. The highest BCUT2D eigenvalue weighted by Gasteiger charge is 2.26. The van der Waals surface area contributed by atoms with Gasteiger partial charge in [0.15, 0.2) is 6.29 Å². The summed E-state index contributed by atoms with van der Waals surface area (Å²) in [6.07, 6.45) is 5.53. The van der Waals surface area contributed by atoms with Crippen molar-refractivity contribution < 1.29 is 4.79 Å². The molecule has 0 spiro atoms. The molecule has 2 rings (SSSR count). The van der Waals surface area contributed by atoms with E-state index in [9.17, 15) is 4.79 Å². The van der Waals surface area contributed by atoms with Gasteiger partial charge < -0.3 is 0 Å². The summed E-state index contributed by atoms with van der Waals surface area (Å²) in [7, 11) is 0. The van der Waals surface area contributed by atoms with Crippen LogP contribution in [0.25, 0.3) is 0 Å². The number of carbonyl (C=O) groups excluding carboxylic acids is 1. The minimum Gasteiger partial charge on any atom is -0.298 e. The smallest absolute Gasteiger partial charge is 0.153 e. The lowest BCUT2D eigenvalue weighted by atomic mass is 9.81. The van der Waals surface area contributed by atoms with Gasteiger partial charge in [0.2, 0.25) is 0 Å². The Balaban J connectivity index is 2.23. The molecule has 0 aromatic carbocycles. The molecular weight excluding hydrogens is 188 g/mol. The van der Waals surface area contributed by atoms with E-state index in [1.165, 1.54) is 19.3 Å². The Morgan fingerprint density at radius 1 is 1.53 bits per heavy atom. The minimum atomic E-state index is 0.530. The predicted octanol–water partition coefficient (Wildman–Crippen LogP) is 2.69. The second-order valence-corrected chi connectivity index (χ2v) is 4.84. The average Bonchev–Trinajstić information content (AvgIpc) is 2.44. The van der Waals surface area contributed by atoms with Gasteiger partial charge in [-0.25, -0.2) is 0 Å². The zero-order chi connectivity index (χ0) is 10.8. The molecule has 0 aliphatic heterocycles. The molecule has 1 saturated carbocycles. The number of hydrogen-bond acceptors (Lipinski definition) is 2. The summed E-state index contributed by atoms with van der Waals surface area (Å²) in [6, 6.07) is 0. The van der Waals surface area contributed by atoms with Crippen molar-refractivity contribution >= 4 is 6.29 Å². The van der Waals surface area contributed by atoms with Crippen LogP contribution < -0.4 is 0 Å². The van der Waals surface area contributed by atoms with E-state index in [1.54, 1.807) is 0 Å². The van der Waals surface area contributed by atoms with Crippen LogP contribution in [0.2, 0.25) is 0 Å². The second kappa shape index (κ2) is 4.17. The Labute approximate surface area is 90.3 Å². The summed E-state index contributed by atoms with van der Waals surface area (Å²) in [5.41, 5.74) is 2.85. The first kappa shape index (κ1) is 10.4. The number of carbonyl (C=O) groups is 1. The van der Waals surface area contributed by atoms with Crippen LogP contribution in [0.3, 0.4) is 0 Å². The summed E-state index contributed by atoms with van der Waals surface area (Å²) >= 11 is 0. The van der Waals surface area contributed by atoms with Crippen LogP contribution >= 0.6 is 0 Å². The topological polar surface area (TPSA) is 45.8 Å². The number of aromatic nitrogens is 2. The van der Waals surface area contributed by atoms with Crippen molar-refractivity contribution in [3.8, 4) is 0 Å². The van der Waals surface area contributed by atoms with Gasteiger partial charge in [0.1, 0.15) is 0 Å². The molecule has 15 heavy (non-hydrogen) atoms. The number of hydrogen-bond donors (Lipinski definition) is 1. The van der Waals surface area contributed by atoms with E-state index in [1.807, 2.05) is 0 Å². The molecule has 1 heterocycles. The van der Waals surface area contributed by atoms with E-state index in [0.717, 1.165) is 29.7 Å². The third-order valence-corrected chi connectivity index (χ3v) is 3.13. The Morgan fingerprint density at radius 3 is 2.73 bits per heavy atom. The normalized spacial score (nSPS) is 16.7. The molecule has 3 heteroatoms. The Bertz CT molecular complexity index is 351. The van der Waals surface area contributed by atoms with Crippen LogP contribution in [-0.4, -0.2) is 16.5 Å². The SMILES string of the molecule is CC(C)Cc1[nH]nc(C2CCC2)c1C=O. The van der Waals surface area contributed by atoms with Crippen molar-refractivity contribution in [1.82, 2.24) is 10.2 Å². The molecule has 1 aliphatic carbocycles. The maximum atomic E-state index is 11.1. The van der Waals surface area contributed by atoms with Crippen LogP contribution in [0.1, 0.15) is 60.8 Å². The number of aldehydes is 1. The first-order valence-electron chi connectivity index (χ1n) is 5.74. The minimum absolute atomic E-state index is 0.530. The van der Waals surface area contributed by atoms with Gasteiger partial charge in [0.25, 0.3) is 0 Å². The predicted molar refractivity (Wildman–Crippen MR) is 59.1 cm³/mol. The maximum absolute atomic E-state index is 11.1. The average molecular weight is 206 g/mol. The highest BCUT2D eigenvalue weighted by molar-refractivity contribution is 5.78. The molecule has 0 bridgehead atoms. The Kier molecular flexibility index (Phi) is 2.89. The molecule has 0 radical (unpaired) electrons. The molecule has 1 aromatic rings. The summed E-state index contributed by atoms with van der Waals surface area (Å²) in [4.78, 5) is 11.1. The van der Waals surface area contributed by atoms with Crippen molar-refractivity contribution in [2.24, 2.45) is 5.92 Å². The van der Waals surface area contributed by atoms with Crippen molar-refractivity contribution in [3.63, 3.8) is 0 Å². The van der Waals surface area contributed by atoms with Crippen LogP contribution in [0.5, 0.6) is 0 Å². The van der Waals surface area contributed by atoms with Gasteiger partial charge in [-0.1, -0.05) is 20.3 Å². The maximum Gasteiger partial charge on any atom is 0.153 e. The Hall–Kier alpha value is -1.12. The van der Waals surface area contributed by atoms with Gasteiger partial charge in [-0.2, -0.15) is 5.10 Å². The summed E-state index contributed by atoms with van der Waals surface area (Å²) < 4.78 is 0.